The van der Waals surface area contributed by atoms with Gasteiger partial charge in [-0.3, -0.25) is 8.32 Å². The lowest BCUT2D eigenvalue weighted by atomic mass is 9.92. The summed E-state index contributed by atoms with van der Waals surface area (Å²) >= 11 is -0.693. The van der Waals surface area contributed by atoms with Gasteiger partial charge in [-0.15, -0.1) is 0 Å². The van der Waals surface area contributed by atoms with Crippen LogP contribution in [0.5, 0.6) is 11.5 Å². The van der Waals surface area contributed by atoms with Crippen molar-refractivity contribution in [2.24, 2.45) is 3.15 Å². The number of carbonyl (C=O) groups is 2. The van der Waals surface area contributed by atoms with Gasteiger partial charge in [0.1, 0.15) is 21.3 Å². The molecule has 0 saturated heterocycles. The van der Waals surface area contributed by atoms with E-state index in [0.717, 1.165) is 25.7 Å². The zero-order chi connectivity index (χ0) is 19.4. The quantitative estimate of drug-likeness (QED) is 0.501. The first-order valence-electron chi connectivity index (χ1n) is 8.96. The van der Waals surface area contributed by atoms with Gasteiger partial charge in [-0.25, -0.2) is 7.94 Å². The average Bonchev–Trinajstić information content (AvgIpc) is 2.68. The van der Waals surface area contributed by atoms with Crippen LogP contribution in [0.1, 0.15) is 43.0 Å². The summed E-state index contributed by atoms with van der Waals surface area (Å²) in [7, 11) is 3.36. The fraction of sp³-hybridized carbons (Fsp3) is 0.556. The van der Waals surface area contributed by atoms with Crippen molar-refractivity contribution in [2.45, 2.75) is 44.8 Å². The smallest absolute Gasteiger partial charge is 0.409 e. The highest BCUT2D eigenvalue weighted by Gasteiger charge is 2.29. The van der Waals surface area contributed by atoms with Crippen LogP contribution in [0.25, 0.3) is 0 Å². The number of rotatable bonds is 5. The topological polar surface area (TPSA) is 89.5 Å². The Bertz CT molecular complexity index is 747. The molecule has 1 N–H and O–H groups in total. The molecule has 27 heavy (non-hydrogen) atoms. The summed E-state index contributed by atoms with van der Waals surface area (Å²) in [5, 5.41) is 0. The molecule has 1 saturated carbocycles. The predicted molar refractivity (Wildman–Crippen MR) is 108 cm³/mol. The van der Waals surface area contributed by atoms with Gasteiger partial charge in [0.15, 0.2) is 11.5 Å². The van der Waals surface area contributed by atoms with E-state index in [1.807, 2.05) is 0 Å². The van der Waals surface area contributed by atoms with Gasteiger partial charge in [-0.1, -0.05) is 0 Å². The van der Waals surface area contributed by atoms with Gasteiger partial charge in [-0.2, -0.15) is 0 Å². The normalized spacial score (nSPS) is 21.4. The molecule has 0 aromatic heterocycles. The number of carbonyl (C=O) groups excluding carboxylic acids is 2. The van der Waals surface area contributed by atoms with Crippen molar-refractivity contribution >= 4 is 39.0 Å². The van der Waals surface area contributed by atoms with Crippen molar-refractivity contribution in [3.05, 3.63) is 17.7 Å². The van der Waals surface area contributed by atoms with Crippen LogP contribution in [0.3, 0.4) is 0 Å². The predicted octanol–water partition coefficient (Wildman–Crippen LogP) is 3.92. The van der Waals surface area contributed by atoms with E-state index in [9.17, 15) is 9.59 Å². The fourth-order valence-corrected chi connectivity index (χ4v) is 4.60. The van der Waals surface area contributed by atoms with Crippen molar-refractivity contribution < 1.29 is 23.8 Å². The summed E-state index contributed by atoms with van der Waals surface area (Å²) in [5.41, 5.74) is 1.18. The van der Waals surface area contributed by atoms with Crippen molar-refractivity contribution in [3.63, 3.8) is 0 Å². The van der Waals surface area contributed by atoms with E-state index in [2.05, 4.69) is 6.68 Å². The number of nitrogens with one attached hydrogen (secondary N) is 1. The second-order valence-electron chi connectivity index (χ2n) is 6.47. The van der Waals surface area contributed by atoms with Crippen LogP contribution in [0.2, 0.25) is 0 Å². The van der Waals surface area contributed by atoms with Crippen LogP contribution in [-0.4, -0.2) is 49.8 Å². The molecule has 9 heteroatoms. The van der Waals surface area contributed by atoms with Gasteiger partial charge >= 0.3 is 6.09 Å². The zero-order valence-electron chi connectivity index (χ0n) is 15.7. The number of methoxy groups -OCH3 is 1. The van der Waals surface area contributed by atoms with Gasteiger partial charge in [-0.05, 0) is 38.7 Å². The van der Waals surface area contributed by atoms with Crippen LogP contribution in [0.4, 0.5) is 10.5 Å². The summed E-state index contributed by atoms with van der Waals surface area (Å²) in [6.07, 6.45) is 3.05. The fourth-order valence-electron chi connectivity index (χ4n) is 3.31. The largest absolute Gasteiger partial charge is 0.493 e. The Labute approximate surface area is 169 Å². The first kappa shape index (κ1) is 19.8. The molecule has 1 aliphatic carbocycles. The van der Waals surface area contributed by atoms with Crippen LogP contribution >= 0.6 is 21.3 Å². The van der Waals surface area contributed by atoms with Crippen LogP contribution < -0.4 is 13.0 Å². The number of fused-ring (bicyclic) bond motifs is 1. The standard InChI is InChI=1S/C18H24IN3O5/c1-4-26-18(24)22(2)11-5-7-12(8-6-11)27-16-9-13-14(10-15(16)25-3)20-19-21-17(13)23/h9-12H,4-8H2,1-3H3,(H,20,21,23). The van der Waals surface area contributed by atoms with Gasteiger partial charge < -0.3 is 19.1 Å². The molecule has 8 nitrogen and oxygen atoms in total. The number of ether oxygens (including phenoxy) is 3. The van der Waals surface area contributed by atoms with Crippen molar-refractivity contribution in [3.8, 4) is 11.5 Å². The molecule has 148 valence electrons. The summed E-state index contributed by atoms with van der Waals surface area (Å²) in [6.45, 7) is 2.18. The second-order valence-corrected chi connectivity index (χ2v) is 7.98. The van der Waals surface area contributed by atoms with E-state index < -0.39 is 21.3 Å². The van der Waals surface area contributed by atoms with Gasteiger partial charge in [0.05, 0.1) is 31.1 Å². The van der Waals surface area contributed by atoms with E-state index in [0.29, 0.717) is 29.4 Å². The third kappa shape index (κ3) is 4.50. The maximum Gasteiger partial charge on any atom is 0.409 e. The molecule has 0 bridgehead atoms. The number of halogens is 1. The van der Waals surface area contributed by atoms with E-state index in [1.165, 1.54) is 0 Å². The Morgan fingerprint density at radius 3 is 2.70 bits per heavy atom. The highest BCUT2D eigenvalue weighted by Crippen LogP contribution is 2.39. The summed E-state index contributed by atoms with van der Waals surface area (Å²) in [5.74, 6) is 1.03. The van der Waals surface area contributed by atoms with Crippen molar-refractivity contribution in [1.29, 1.82) is 0 Å². The van der Waals surface area contributed by atoms with E-state index >= 15 is 0 Å². The number of nitrogens with zero attached hydrogens (tertiary/aromatic N) is 2. The Morgan fingerprint density at radius 2 is 2.04 bits per heavy atom. The molecule has 0 atom stereocenters. The molecule has 2 amide bonds. The summed E-state index contributed by atoms with van der Waals surface area (Å²) in [4.78, 5) is 25.6. The van der Waals surface area contributed by atoms with Crippen LogP contribution in [0.15, 0.2) is 15.3 Å². The van der Waals surface area contributed by atoms with Gasteiger partial charge in [0, 0.05) is 19.2 Å². The number of amides is 2. The van der Waals surface area contributed by atoms with Crippen molar-refractivity contribution in [1.82, 2.24) is 8.43 Å². The first-order chi connectivity index (χ1) is 13.0. The zero-order valence-corrected chi connectivity index (χ0v) is 17.8. The van der Waals surface area contributed by atoms with Crippen molar-refractivity contribution in [2.75, 3.05) is 20.8 Å². The average molecular weight is 489 g/mol. The summed E-state index contributed by atoms with van der Waals surface area (Å²) < 4.78 is 23.9. The molecule has 1 aromatic rings. The van der Waals surface area contributed by atoms with Gasteiger partial charge in [0.2, 0.25) is 0 Å². The number of benzene rings is 1. The minimum Gasteiger partial charge on any atom is -0.493 e. The molecule has 1 heterocycles. The molecule has 1 aromatic carbocycles. The Morgan fingerprint density at radius 1 is 1.30 bits per heavy atom. The minimum atomic E-state index is -0.693. The molecule has 2 aliphatic rings. The van der Waals surface area contributed by atoms with E-state index in [-0.39, 0.29) is 24.1 Å². The maximum absolute atomic E-state index is 12.1. The highest BCUT2D eigenvalue weighted by molar-refractivity contribution is 14.1. The SMILES string of the molecule is CCOC(=O)N(C)C1CCC(Oc2cc3c(cc2OC)N=INC3=O)CC1. The molecule has 1 aliphatic heterocycles. The third-order valence-electron chi connectivity index (χ3n) is 4.83. The lowest BCUT2D eigenvalue weighted by Crippen LogP contribution is -2.41. The number of hydrogen-bond acceptors (Lipinski definition) is 6. The monoisotopic (exact) mass is 489 g/mol. The Kier molecular flexibility index (Phi) is 6.51. The highest BCUT2D eigenvalue weighted by atomic mass is 127. The molecule has 0 unspecified atom stereocenters. The maximum atomic E-state index is 12.1. The molecular formula is C18H24IN3O5. The van der Waals surface area contributed by atoms with Crippen LogP contribution in [-0.2, 0) is 4.74 Å². The first-order valence-corrected chi connectivity index (χ1v) is 11.0. The second kappa shape index (κ2) is 8.85. The third-order valence-corrected chi connectivity index (χ3v) is 6.32. The van der Waals surface area contributed by atoms with Gasteiger partial charge in [0.25, 0.3) is 5.91 Å². The summed E-state index contributed by atoms with van der Waals surface area (Å²) in [6, 6.07) is 3.64. The minimum absolute atomic E-state index is 0.0137. The molecule has 1 fully saturated rings. The molecule has 0 radical (unpaired) electrons. The Hall–Kier alpha value is -1.91. The molecule has 0 spiro atoms. The lowest BCUT2D eigenvalue weighted by Gasteiger charge is -2.34. The number of hydrogen-bond donors (Lipinski definition) is 1. The van der Waals surface area contributed by atoms with E-state index in [1.54, 1.807) is 38.1 Å². The van der Waals surface area contributed by atoms with Crippen LogP contribution in [0, 0.1) is 0 Å². The molecule has 3 rings (SSSR count). The lowest BCUT2D eigenvalue weighted by molar-refractivity contribution is 0.0718. The Balaban J connectivity index is 1.65. The molecular weight excluding hydrogens is 465 g/mol. The van der Waals surface area contributed by atoms with E-state index in [4.69, 9.17) is 14.2 Å².